The van der Waals surface area contributed by atoms with Crippen LogP contribution in [-0.4, -0.2) is 11.8 Å². The van der Waals surface area contributed by atoms with Crippen molar-refractivity contribution in [3.8, 4) is 0 Å². The second-order valence-corrected chi connectivity index (χ2v) is 5.68. The highest BCUT2D eigenvalue weighted by atomic mass is 16.2. The Bertz CT molecular complexity index is 476. The molecule has 18 heavy (non-hydrogen) atoms. The van der Waals surface area contributed by atoms with Crippen LogP contribution in [0.2, 0.25) is 0 Å². The molecule has 1 fully saturated rings. The maximum Gasteiger partial charge on any atom is 0.237 e. The molecule has 1 saturated heterocycles. The lowest BCUT2D eigenvalue weighted by molar-refractivity contribution is -0.126. The molecule has 1 aromatic carbocycles. The molecule has 1 aliphatic heterocycles. The summed E-state index contributed by atoms with van der Waals surface area (Å²) in [6.45, 7) is 6.18. The van der Waals surface area contributed by atoms with E-state index in [9.17, 15) is 9.59 Å². The van der Waals surface area contributed by atoms with Gasteiger partial charge in [-0.2, -0.15) is 0 Å². The van der Waals surface area contributed by atoms with Gasteiger partial charge in [-0.15, -0.1) is 0 Å². The van der Waals surface area contributed by atoms with Crippen molar-refractivity contribution in [2.75, 3.05) is 0 Å². The Labute approximate surface area is 108 Å². The predicted molar refractivity (Wildman–Crippen MR) is 70.1 cm³/mol. The van der Waals surface area contributed by atoms with E-state index < -0.39 is 5.41 Å². The summed E-state index contributed by atoms with van der Waals surface area (Å²) in [4.78, 5) is 23.2. The highest BCUT2D eigenvalue weighted by Gasteiger charge is 2.43. The highest BCUT2D eigenvalue weighted by Crippen LogP contribution is 2.32. The summed E-state index contributed by atoms with van der Waals surface area (Å²) in [5, 5.41) is 2.37. The third-order valence-corrected chi connectivity index (χ3v) is 3.50. The van der Waals surface area contributed by atoms with Gasteiger partial charge in [0, 0.05) is 6.42 Å². The van der Waals surface area contributed by atoms with Crippen LogP contribution in [0, 0.1) is 5.92 Å². The van der Waals surface area contributed by atoms with Gasteiger partial charge in [-0.1, -0.05) is 38.1 Å². The number of nitrogens with one attached hydrogen (secondary N) is 1. The van der Waals surface area contributed by atoms with E-state index in [4.69, 9.17) is 0 Å². The first-order valence-corrected chi connectivity index (χ1v) is 6.35. The van der Waals surface area contributed by atoms with E-state index in [0.717, 1.165) is 12.0 Å². The van der Waals surface area contributed by atoms with Crippen molar-refractivity contribution in [2.45, 2.75) is 39.0 Å². The van der Waals surface area contributed by atoms with Crippen molar-refractivity contribution in [1.82, 2.24) is 5.32 Å². The van der Waals surface area contributed by atoms with Gasteiger partial charge in [0.25, 0.3) is 0 Å². The van der Waals surface area contributed by atoms with E-state index in [-0.39, 0.29) is 18.2 Å². The molecule has 1 aromatic rings. The first-order chi connectivity index (χ1) is 8.41. The fourth-order valence-corrected chi connectivity index (χ4v) is 2.42. The van der Waals surface area contributed by atoms with Crippen LogP contribution in [-0.2, 0) is 21.4 Å². The Morgan fingerprint density at radius 2 is 1.83 bits per heavy atom. The molecule has 2 amide bonds. The first kappa shape index (κ1) is 12.8. The van der Waals surface area contributed by atoms with Gasteiger partial charge in [0.15, 0.2) is 0 Å². The number of hydrogen-bond acceptors (Lipinski definition) is 2. The van der Waals surface area contributed by atoms with Gasteiger partial charge in [-0.3, -0.25) is 14.9 Å². The molecule has 0 aromatic heterocycles. The van der Waals surface area contributed by atoms with Crippen molar-refractivity contribution in [3.05, 3.63) is 35.4 Å². The van der Waals surface area contributed by atoms with Crippen LogP contribution in [0.1, 0.15) is 38.3 Å². The van der Waals surface area contributed by atoms with Gasteiger partial charge in [0.05, 0.1) is 5.41 Å². The summed E-state index contributed by atoms with van der Waals surface area (Å²) in [5.41, 5.74) is 1.48. The topological polar surface area (TPSA) is 46.2 Å². The SMILES string of the molecule is CC(C)Cc1ccc(C2(C)CC(=O)NC2=O)cc1. The standard InChI is InChI=1S/C15H19NO2/c1-10(2)8-11-4-6-12(7-5-11)15(3)9-13(17)16-14(15)18/h4-7,10H,8-9H2,1-3H3,(H,16,17,18). The lowest BCUT2D eigenvalue weighted by Crippen LogP contribution is -2.32. The third-order valence-electron chi connectivity index (χ3n) is 3.50. The van der Waals surface area contributed by atoms with Crippen molar-refractivity contribution >= 4 is 11.8 Å². The van der Waals surface area contributed by atoms with E-state index >= 15 is 0 Å². The van der Waals surface area contributed by atoms with Crippen LogP contribution in [0.15, 0.2) is 24.3 Å². The average Bonchev–Trinajstić information content (AvgIpc) is 2.53. The molecule has 1 N–H and O–H groups in total. The molecule has 0 spiro atoms. The molecule has 96 valence electrons. The normalized spacial score (nSPS) is 23.6. The van der Waals surface area contributed by atoms with Crippen LogP contribution < -0.4 is 5.32 Å². The number of carbonyl (C=O) groups excluding carboxylic acids is 2. The van der Waals surface area contributed by atoms with Crippen LogP contribution >= 0.6 is 0 Å². The quantitative estimate of drug-likeness (QED) is 0.830. The van der Waals surface area contributed by atoms with Gasteiger partial charge in [-0.05, 0) is 30.4 Å². The van der Waals surface area contributed by atoms with E-state index in [1.54, 1.807) is 0 Å². The molecular formula is C15H19NO2. The third kappa shape index (κ3) is 2.30. The molecule has 3 heteroatoms. The number of hydrogen-bond donors (Lipinski definition) is 1. The van der Waals surface area contributed by atoms with Gasteiger partial charge in [-0.25, -0.2) is 0 Å². The second kappa shape index (κ2) is 4.56. The minimum atomic E-state index is -0.701. The maximum atomic E-state index is 11.8. The monoisotopic (exact) mass is 245 g/mol. The zero-order chi connectivity index (χ0) is 13.3. The smallest absolute Gasteiger partial charge is 0.237 e. The highest BCUT2D eigenvalue weighted by molar-refractivity contribution is 6.08. The van der Waals surface area contributed by atoms with Crippen LogP contribution in [0.3, 0.4) is 0 Å². The molecule has 0 bridgehead atoms. The van der Waals surface area contributed by atoms with Gasteiger partial charge < -0.3 is 0 Å². The Balaban J connectivity index is 2.24. The largest absolute Gasteiger partial charge is 0.296 e. The summed E-state index contributed by atoms with van der Waals surface area (Å²) in [6.07, 6.45) is 1.28. The molecule has 0 saturated carbocycles. The minimum Gasteiger partial charge on any atom is -0.296 e. The average molecular weight is 245 g/mol. The van der Waals surface area contributed by atoms with E-state index in [2.05, 4.69) is 31.3 Å². The summed E-state index contributed by atoms with van der Waals surface area (Å²) < 4.78 is 0. The van der Waals surface area contributed by atoms with E-state index in [0.29, 0.717) is 5.92 Å². The van der Waals surface area contributed by atoms with Crippen molar-refractivity contribution < 1.29 is 9.59 Å². The molecule has 0 aliphatic carbocycles. The number of amides is 2. The van der Waals surface area contributed by atoms with E-state index in [1.165, 1.54) is 5.56 Å². The van der Waals surface area contributed by atoms with Crippen molar-refractivity contribution in [1.29, 1.82) is 0 Å². The van der Waals surface area contributed by atoms with Gasteiger partial charge >= 0.3 is 0 Å². The number of rotatable bonds is 3. The summed E-state index contributed by atoms with van der Waals surface area (Å²) in [6, 6.07) is 8.04. The molecular weight excluding hydrogens is 226 g/mol. The predicted octanol–water partition coefficient (Wildman–Crippen LogP) is 2.19. The Morgan fingerprint density at radius 1 is 1.22 bits per heavy atom. The number of benzene rings is 1. The maximum absolute atomic E-state index is 11.8. The van der Waals surface area contributed by atoms with E-state index in [1.807, 2.05) is 19.1 Å². The van der Waals surface area contributed by atoms with Crippen LogP contribution in [0.5, 0.6) is 0 Å². The molecule has 1 unspecified atom stereocenters. The molecule has 1 aliphatic rings. The van der Waals surface area contributed by atoms with Crippen LogP contribution in [0.4, 0.5) is 0 Å². The first-order valence-electron chi connectivity index (χ1n) is 6.35. The van der Waals surface area contributed by atoms with Crippen LogP contribution in [0.25, 0.3) is 0 Å². The zero-order valence-corrected chi connectivity index (χ0v) is 11.1. The zero-order valence-electron chi connectivity index (χ0n) is 11.1. The number of imide groups is 1. The fraction of sp³-hybridized carbons (Fsp3) is 0.467. The number of carbonyl (C=O) groups is 2. The summed E-state index contributed by atoms with van der Waals surface area (Å²) >= 11 is 0. The van der Waals surface area contributed by atoms with Crippen molar-refractivity contribution in [3.63, 3.8) is 0 Å². The Hall–Kier alpha value is -1.64. The lowest BCUT2D eigenvalue weighted by atomic mass is 9.80. The Kier molecular flexibility index (Phi) is 3.24. The molecule has 0 radical (unpaired) electrons. The molecule has 1 heterocycles. The van der Waals surface area contributed by atoms with Gasteiger partial charge in [0.1, 0.15) is 0 Å². The minimum absolute atomic E-state index is 0.186. The summed E-state index contributed by atoms with van der Waals surface area (Å²) in [5.74, 6) is 0.237. The lowest BCUT2D eigenvalue weighted by Gasteiger charge is -2.20. The Morgan fingerprint density at radius 3 is 2.28 bits per heavy atom. The molecule has 3 nitrogen and oxygen atoms in total. The molecule has 1 atom stereocenters. The fourth-order valence-electron chi connectivity index (χ4n) is 2.42. The van der Waals surface area contributed by atoms with Gasteiger partial charge in [0.2, 0.25) is 11.8 Å². The molecule has 2 rings (SSSR count). The van der Waals surface area contributed by atoms with Crippen molar-refractivity contribution in [2.24, 2.45) is 5.92 Å². The summed E-state index contributed by atoms with van der Waals surface area (Å²) in [7, 11) is 0. The second-order valence-electron chi connectivity index (χ2n) is 5.68.